The smallest absolute Gasteiger partial charge is 0.343 e. The fraction of sp³-hybridized carbons (Fsp3) is 0.0833. The number of carbonyl (C=O) groups excluding carboxylic acids is 2. The number of ether oxygens (including phenoxy) is 3. The zero-order valence-electron chi connectivity index (χ0n) is 16.3. The van der Waals surface area contributed by atoms with E-state index >= 15 is 0 Å². The fourth-order valence-electron chi connectivity index (χ4n) is 3.16. The summed E-state index contributed by atoms with van der Waals surface area (Å²) in [6.45, 7) is 1.74. The number of halogens is 1. The highest BCUT2D eigenvalue weighted by atomic mass is 19.1. The second kappa shape index (κ2) is 7.83. The maximum absolute atomic E-state index is 13.1. The summed E-state index contributed by atoms with van der Waals surface area (Å²) in [5, 5.41) is 0. The minimum atomic E-state index is -0.556. The van der Waals surface area contributed by atoms with E-state index in [4.69, 9.17) is 14.2 Å². The Hall–Kier alpha value is -3.93. The van der Waals surface area contributed by atoms with Crippen molar-refractivity contribution in [3.63, 3.8) is 0 Å². The van der Waals surface area contributed by atoms with Crippen LogP contribution in [0, 0.1) is 12.7 Å². The Kier molecular flexibility index (Phi) is 5.06. The Labute approximate surface area is 172 Å². The van der Waals surface area contributed by atoms with Crippen LogP contribution in [0.5, 0.6) is 17.2 Å². The third-order valence-corrected chi connectivity index (χ3v) is 4.63. The molecule has 150 valence electrons. The summed E-state index contributed by atoms with van der Waals surface area (Å²) in [4.78, 5) is 25.2. The van der Waals surface area contributed by atoms with Gasteiger partial charge in [-0.15, -0.1) is 0 Å². The number of rotatable bonds is 4. The van der Waals surface area contributed by atoms with Crippen molar-refractivity contribution in [2.45, 2.75) is 6.92 Å². The number of fused-ring (bicyclic) bond motifs is 1. The summed E-state index contributed by atoms with van der Waals surface area (Å²) < 4.78 is 29.4. The van der Waals surface area contributed by atoms with Crippen molar-refractivity contribution in [2.75, 3.05) is 7.11 Å². The molecule has 0 atom stereocenters. The molecular formula is C24H17FO5. The first-order chi connectivity index (χ1) is 14.4. The second-order valence-corrected chi connectivity index (χ2v) is 6.73. The molecule has 3 aromatic rings. The van der Waals surface area contributed by atoms with Gasteiger partial charge in [-0.25, -0.2) is 9.18 Å². The lowest BCUT2D eigenvalue weighted by Gasteiger charge is -2.08. The molecule has 0 fully saturated rings. The zero-order chi connectivity index (χ0) is 21.3. The van der Waals surface area contributed by atoms with E-state index in [1.807, 2.05) is 0 Å². The van der Waals surface area contributed by atoms with Crippen molar-refractivity contribution in [3.8, 4) is 17.2 Å². The highest BCUT2D eigenvalue weighted by Crippen LogP contribution is 2.37. The lowest BCUT2D eigenvalue weighted by Crippen LogP contribution is -2.09. The van der Waals surface area contributed by atoms with E-state index in [2.05, 4.69) is 0 Å². The Morgan fingerprint density at radius 2 is 1.80 bits per heavy atom. The SMILES string of the molecule is COc1cccc(C(=O)Oc2cc(C)c3c(c2)O/C(=C\c2ccc(F)cc2)C3=O)c1. The van der Waals surface area contributed by atoms with E-state index in [1.54, 1.807) is 55.5 Å². The molecule has 0 bridgehead atoms. The number of esters is 1. The summed E-state index contributed by atoms with van der Waals surface area (Å²) >= 11 is 0. The van der Waals surface area contributed by atoms with Gasteiger partial charge in [-0.05, 0) is 60.5 Å². The molecule has 1 heterocycles. The van der Waals surface area contributed by atoms with Crippen LogP contribution in [0.25, 0.3) is 6.08 Å². The number of hydrogen-bond donors (Lipinski definition) is 0. The van der Waals surface area contributed by atoms with Crippen molar-refractivity contribution in [1.29, 1.82) is 0 Å². The highest BCUT2D eigenvalue weighted by molar-refractivity contribution is 6.15. The number of carbonyl (C=O) groups is 2. The topological polar surface area (TPSA) is 61.8 Å². The van der Waals surface area contributed by atoms with Crippen molar-refractivity contribution in [2.24, 2.45) is 0 Å². The van der Waals surface area contributed by atoms with Gasteiger partial charge in [0.2, 0.25) is 5.78 Å². The van der Waals surface area contributed by atoms with Gasteiger partial charge in [0, 0.05) is 6.07 Å². The van der Waals surface area contributed by atoms with Gasteiger partial charge < -0.3 is 14.2 Å². The molecule has 0 amide bonds. The fourth-order valence-corrected chi connectivity index (χ4v) is 3.16. The van der Waals surface area contributed by atoms with Crippen LogP contribution in [0.2, 0.25) is 0 Å². The van der Waals surface area contributed by atoms with Crippen molar-refractivity contribution < 1.29 is 28.2 Å². The average Bonchev–Trinajstić information content (AvgIpc) is 3.05. The molecule has 0 spiro atoms. The number of methoxy groups -OCH3 is 1. The average molecular weight is 404 g/mol. The maximum atomic E-state index is 13.1. The molecule has 0 aliphatic carbocycles. The molecule has 1 aliphatic heterocycles. The van der Waals surface area contributed by atoms with Crippen LogP contribution in [0.15, 0.2) is 66.4 Å². The number of benzene rings is 3. The van der Waals surface area contributed by atoms with Crippen LogP contribution >= 0.6 is 0 Å². The maximum Gasteiger partial charge on any atom is 0.343 e. The zero-order valence-corrected chi connectivity index (χ0v) is 16.3. The van der Waals surface area contributed by atoms with Crippen molar-refractivity contribution in [1.82, 2.24) is 0 Å². The largest absolute Gasteiger partial charge is 0.497 e. The molecule has 0 saturated heterocycles. The van der Waals surface area contributed by atoms with E-state index in [-0.39, 0.29) is 23.1 Å². The number of hydrogen-bond acceptors (Lipinski definition) is 5. The Bertz CT molecular complexity index is 1180. The number of ketones is 1. The predicted molar refractivity (Wildman–Crippen MR) is 108 cm³/mol. The minimum Gasteiger partial charge on any atom is -0.497 e. The summed E-state index contributed by atoms with van der Waals surface area (Å²) in [7, 11) is 1.51. The third-order valence-electron chi connectivity index (χ3n) is 4.63. The molecule has 0 aromatic heterocycles. The molecule has 3 aromatic carbocycles. The number of Topliss-reactive ketones (excluding diaryl/α,β-unsaturated/α-hetero) is 1. The Morgan fingerprint density at radius 1 is 1.03 bits per heavy atom. The Balaban J connectivity index is 1.59. The van der Waals surface area contributed by atoms with Gasteiger partial charge in [-0.3, -0.25) is 4.79 Å². The standard InChI is InChI=1S/C24H17FO5/c1-14-10-19(29-24(27)16-4-3-5-18(12-16)28-2)13-20-22(14)23(26)21(30-20)11-15-6-8-17(25)9-7-15/h3-13H,1-2H3/b21-11-. The van der Waals surface area contributed by atoms with Crippen LogP contribution in [-0.2, 0) is 0 Å². The molecule has 0 unspecified atom stereocenters. The second-order valence-electron chi connectivity index (χ2n) is 6.73. The minimum absolute atomic E-state index is 0.121. The molecule has 0 N–H and O–H groups in total. The Morgan fingerprint density at radius 3 is 2.53 bits per heavy atom. The van der Waals surface area contributed by atoms with Gasteiger partial charge in [-0.2, -0.15) is 0 Å². The van der Waals surface area contributed by atoms with Gasteiger partial charge in [0.05, 0.1) is 18.2 Å². The normalized spacial score (nSPS) is 13.7. The molecule has 30 heavy (non-hydrogen) atoms. The first kappa shape index (κ1) is 19.4. The van der Waals surface area contributed by atoms with Crippen LogP contribution in [0.4, 0.5) is 4.39 Å². The number of allylic oxidation sites excluding steroid dienone is 1. The van der Waals surface area contributed by atoms with Crippen molar-refractivity contribution >= 4 is 17.8 Å². The molecule has 0 radical (unpaired) electrons. The van der Waals surface area contributed by atoms with E-state index in [0.717, 1.165) is 0 Å². The summed E-state index contributed by atoms with van der Waals surface area (Å²) in [5.74, 6) is 0.0290. The quantitative estimate of drug-likeness (QED) is 0.349. The van der Waals surface area contributed by atoms with Gasteiger partial charge >= 0.3 is 5.97 Å². The monoisotopic (exact) mass is 404 g/mol. The van der Waals surface area contributed by atoms with Crippen LogP contribution in [-0.4, -0.2) is 18.9 Å². The first-order valence-corrected chi connectivity index (χ1v) is 9.15. The summed E-state index contributed by atoms with van der Waals surface area (Å²) in [5.41, 5.74) is 1.99. The molecule has 6 heteroatoms. The van der Waals surface area contributed by atoms with E-state index in [1.165, 1.54) is 25.3 Å². The van der Waals surface area contributed by atoms with Gasteiger partial charge in [0.1, 0.15) is 23.1 Å². The van der Waals surface area contributed by atoms with Crippen LogP contribution < -0.4 is 14.2 Å². The molecular weight excluding hydrogens is 387 g/mol. The predicted octanol–water partition coefficient (Wildman–Crippen LogP) is 4.98. The van der Waals surface area contributed by atoms with Crippen LogP contribution in [0.1, 0.15) is 31.8 Å². The van der Waals surface area contributed by atoms with Gasteiger partial charge in [0.25, 0.3) is 0 Å². The lowest BCUT2D eigenvalue weighted by atomic mass is 10.0. The number of aryl methyl sites for hydroxylation is 1. The highest BCUT2D eigenvalue weighted by Gasteiger charge is 2.30. The van der Waals surface area contributed by atoms with Gasteiger partial charge in [-0.1, -0.05) is 18.2 Å². The molecule has 4 rings (SSSR count). The molecule has 1 aliphatic rings. The first-order valence-electron chi connectivity index (χ1n) is 9.15. The van der Waals surface area contributed by atoms with E-state index in [9.17, 15) is 14.0 Å². The molecule has 5 nitrogen and oxygen atoms in total. The van der Waals surface area contributed by atoms with Crippen molar-refractivity contribution in [3.05, 3.63) is 94.5 Å². The summed E-state index contributed by atoms with van der Waals surface area (Å²) in [6, 6.07) is 15.4. The third kappa shape index (κ3) is 3.80. The lowest BCUT2D eigenvalue weighted by molar-refractivity contribution is 0.0734. The molecule has 0 saturated carbocycles. The summed E-state index contributed by atoms with van der Waals surface area (Å²) in [6.07, 6.45) is 1.54. The van der Waals surface area contributed by atoms with Crippen LogP contribution in [0.3, 0.4) is 0 Å². The van der Waals surface area contributed by atoms with E-state index in [0.29, 0.717) is 33.8 Å². The van der Waals surface area contributed by atoms with Gasteiger partial charge in [0.15, 0.2) is 5.76 Å². The van der Waals surface area contributed by atoms with E-state index < -0.39 is 5.97 Å².